The molecule has 1 aliphatic carbocycles. The lowest BCUT2D eigenvalue weighted by Gasteiger charge is -2.27. The molecule has 0 saturated carbocycles. The van der Waals surface area contributed by atoms with Gasteiger partial charge in [0.25, 0.3) is 0 Å². The minimum Gasteiger partial charge on any atom is -0.192 e. The molecule has 0 aliphatic heterocycles. The minimum absolute atomic E-state index is 0.0537. The van der Waals surface area contributed by atoms with E-state index in [0.717, 1.165) is 21.8 Å². The van der Waals surface area contributed by atoms with Gasteiger partial charge in [0.2, 0.25) is 0 Å². The number of halogens is 2. The second-order valence-electron chi connectivity index (χ2n) is 4.44. The van der Waals surface area contributed by atoms with Gasteiger partial charge in [0.1, 0.15) is 0 Å². The first kappa shape index (κ1) is 13.6. The highest BCUT2D eigenvalue weighted by molar-refractivity contribution is 9.09. The topological polar surface area (TPSA) is 23.8 Å². The fraction of sp³-hybridized carbons (Fsp3) is 0.267. The van der Waals surface area contributed by atoms with Crippen molar-refractivity contribution in [1.82, 2.24) is 0 Å². The second kappa shape index (κ2) is 5.86. The van der Waals surface area contributed by atoms with Crippen molar-refractivity contribution in [2.24, 2.45) is 5.41 Å². The Kier molecular flexibility index (Phi) is 4.42. The maximum atomic E-state index is 9.13. The predicted molar refractivity (Wildman–Crippen MR) is 82.2 cm³/mol. The summed E-state index contributed by atoms with van der Waals surface area (Å²) in [7, 11) is 0. The molecule has 0 atom stereocenters. The lowest BCUT2D eigenvalue weighted by molar-refractivity contribution is 0.644. The molecule has 0 radical (unpaired) electrons. The monoisotopic (exact) mass is 365 g/mol. The summed E-state index contributed by atoms with van der Waals surface area (Å²) in [5.41, 5.74) is 1.88. The summed E-state index contributed by atoms with van der Waals surface area (Å²) in [6.45, 7) is 0. The van der Waals surface area contributed by atoms with Crippen LogP contribution in [0.15, 0.2) is 48.6 Å². The Hall–Kier alpha value is -0.850. The summed E-state index contributed by atoms with van der Waals surface area (Å²) in [5.74, 6) is 0.201. The van der Waals surface area contributed by atoms with Gasteiger partial charge in [-0.05, 0) is 11.6 Å². The van der Waals surface area contributed by atoms with Gasteiger partial charge < -0.3 is 0 Å². The highest BCUT2D eigenvalue weighted by atomic mass is 79.9. The van der Waals surface area contributed by atoms with E-state index in [1.165, 1.54) is 0 Å². The van der Waals surface area contributed by atoms with E-state index in [1.54, 1.807) is 0 Å². The van der Waals surface area contributed by atoms with E-state index in [-0.39, 0.29) is 11.3 Å². The molecule has 0 spiro atoms. The van der Waals surface area contributed by atoms with Crippen molar-refractivity contribution in [2.75, 3.05) is 10.7 Å². The summed E-state index contributed by atoms with van der Waals surface area (Å²) in [6, 6.07) is 10.0. The molecule has 0 fully saturated rings. The number of nitrogens with zero attached hydrogens (tertiary/aromatic N) is 1. The van der Waals surface area contributed by atoms with Crippen LogP contribution in [-0.2, 0) is 0 Å². The van der Waals surface area contributed by atoms with Gasteiger partial charge in [-0.2, -0.15) is 5.26 Å². The van der Waals surface area contributed by atoms with Crippen LogP contribution in [0.5, 0.6) is 0 Å². The normalized spacial score (nSPS) is 17.6. The molecular weight excluding hydrogens is 354 g/mol. The zero-order chi connectivity index (χ0) is 13.0. The molecule has 0 N–H and O–H groups in total. The van der Waals surface area contributed by atoms with Gasteiger partial charge in [0.05, 0.1) is 11.6 Å². The van der Waals surface area contributed by atoms with Gasteiger partial charge in [-0.25, -0.2) is 0 Å². The first-order chi connectivity index (χ1) is 8.74. The number of rotatable bonds is 3. The lowest BCUT2D eigenvalue weighted by Crippen LogP contribution is -2.21. The van der Waals surface area contributed by atoms with E-state index in [4.69, 9.17) is 5.26 Å². The molecule has 0 aromatic heterocycles. The number of hydrogen-bond acceptors (Lipinski definition) is 1. The highest BCUT2D eigenvalue weighted by Crippen LogP contribution is 2.35. The smallest absolute Gasteiger partial charge is 0.0994 e. The van der Waals surface area contributed by atoms with Crippen molar-refractivity contribution in [1.29, 1.82) is 5.26 Å². The maximum Gasteiger partial charge on any atom is 0.0994 e. The standard InChI is InChI=1S/C15H13Br2N/c16-10-15(11-17)7-5-12(6-8-15)14-4-2-1-3-13(14)9-18/h1-8,12H,10-11H2. The van der Waals surface area contributed by atoms with E-state index < -0.39 is 0 Å². The number of allylic oxidation sites excluding steroid dienone is 4. The van der Waals surface area contributed by atoms with E-state index >= 15 is 0 Å². The number of alkyl halides is 2. The number of hydrogen-bond donors (Lipinski definition) is 0. The molecule has 3 heteroatoms. The van der Waals surface area contributed by atoms with Gasteiger partial charge in [-0.15, -0.1) is 0 Å². The molecule has 0 amide bonds. The molecule has 0 bridgehead atoms. The van der Waals surface area contributed by atoms with Crippen LogP contribution in [0, 0.1) is 16.7 Å². The van der Waals surface area contributed by atoms with Gasteiger partial charge in [0, 0.05) is 22.0 Å². The van der Waals surface area contributed by atoms with Crippen LogP contribution in [0.3, 0.4) is 0 Å². The maximum absolute atomic E-state index is 9.13. The Balaban J connectivity index is 2.30. The Morgan fingerprint density at radius 2 is 1.72 bits per heavy atom. The summed E-state index contributed by atoms with van der Waals surface area (Å²) >= 11 is 7.10. The van der Waals surface area contributed by atoms with Crippen LogP contribution in [0.25, 0.3) is 0 Å². The fourth-order valence-corrected chi connectivity index (χ4v) is 3.70. The van der Waals surface area contributed by atoms with Crippen LogP contribution in [0.4, 0.5) is 0 Å². The second-order valence-corrected chi connectivity index (χ2v) is 5.56. The zero-order valence-electron chi connectivity index (χ0n) is 9.81. The molecule has 1 aromatic rings. The third kappa shape index (κ3) is 2.60. The third-order valence-corrected chi connectivity index (χ3v) is 5.30. The van der Waals surface area contributed by atoms with Crippen molar-refractivity contribution in [3.05, 3.63) is 59.7 Å². The van der Waals surface area contributed by atoms with Crippen LogP contribution in [0.1, 0.15) is 17.0 Å². The Labute approximate surface area is 124 Å². The van der Waals surface area contributed by atoms with Crippen molar-refractivity contribution in [3.8, 4) is 6.07 Å². The van der Waals surface area contributed by atoms with E-state index in [0.29, 0.717) is 0 Å². The van der Waals surface area contributed by atoms with E-state index in [9.17, 15) is 0 Å². The summed E-state index contributed by atoms with van der Waals surface area (Å²) < 4.78 is 0. The molecule has 1 nitrogen and oxygen atoms in total. The van der Waals surface area contributed by atoms with Gasteiger partial charge in [-0.3, -0.25) is 0 Å². The van der Waals surface area contributed by atoms with Crippen molar-refractivity contribution >= 4 is 31.9 Å². The molecule has 0 unspecified atom stereocenters. The van der Waals surface area contributed by atoms with E-state index in [1.807, 2.05) is 24.3 Å². The third-order valence-electron chi connectivity index (χ3n) is 3.21. The van der Waals surface area contributed by atoms with Gasteiger partial charge in [0.15, 0.2) is 0 Å². The van der Waals surface area contributed by atoms with Gasteiger partial charge in [-0.1, -0.05) is 74.4 Å². The van der Waals surface area contributed by atoms with Gasteiger partial charge >= 0.3 is 0 Å². The van der Waals surface area contributed by atoms with Crippen LogP contribution in [-0.4, -0.2) is 10.7 Å². The van der Waals surface area contributed by atoms with E-state index in [2.05, 4.69) is 62.2 Å². The number of benzene rings is 1. The molecule has 18 heavy (non-hydrogen) atoms. The van der Waals surface area contributed by atoms with Crippen molar-refractivity contribution in [2.45, 2.75) is 5.92 Å². The molecule has 92 valence electrons. The molecule has 1 aromatic carbocycles. The highest BCUT2D eigenvalue weighted by Gasteiger charge is 2.25. The van der Waals surface area contributed by atoms with Crippen LogP contribution < -0.4 is 0 Å². The molecule has 1 aliphatic rings. The predicted octanol–water partition coefficient (Wildman–Crippen LogP) is 4.54. The Morgan fingerprint density at radius 3 is 2.28 bits per heavy atom. The fourth-order valence-electron chi connectivity index (χ4n) is 2.02. The summed E-state index contributed by atoms with van der Waals surface area (Å²) in [4.78, 5) is 0. The minimum atomic E-state index is 0.0537. The largest absolute Gasteiger partial charge is 0.192 e. The molecule has 0 saturated heterocycles. The number of nitriles is 1. The molecule has 0 heterocycles. The first-order valence-electron chi connectivity index (χ1n) is 5.74. The van der Waals surface area contributed by atoms with Crippen LogP contribution >= 0.6 is 31.9 Å². The Bertz CT molecular complexity index is 506. The SMILES string of the molecule is N#Cc1ccccc1C1C=CC(CBr)(CBr)C=C1. The first-order valence-corrected chi connectivity index (χ1v) is 7.98. The van der Waals surface area contributed by atoms with Crippen molar-refractivity contribution < 1.29 is 0 Å². The Morgan fingerprint density at radius 1 is 1.11 bits per heavy atom. The zero-order valence-corrected chi connectivity index (χ0v) is 13.0. The summed E-state index contributed by atoms with van der Waals surface area (Å²) in [6.07, 6.45) is 8.79. The average molecular weight is 367 g/mol. The molecular formula is C15H13Br2N. The quantitative estimate of drug-likeness (QED) is 0.568. The molecule has 2 rings (SSSR count). The van der Waals surface area contributed by atoms with Crippen LogP contribution in [0.2, 0.25) is 0 Å². The average Bonchev–Trinajstić information content (AvgIpc) is 2.47. The van der Waals surface area contributed by atoms with Crippen molar-refractivity contribution in [3.63, 3.8) is 0 Å². The summed E-state index contributed by atoms with van der Waals surface area (Å²) in [5, 5.41) is 10.9. The lowest BCUT2D eigenvalue weighted by atomic mass is 9.82.